The van der Waals surface area contributed by atoms with Gasteiger partial charge in [0.15, 0.2) is 0 Å². The lowest BCUT2D eigenvalue weighted by atomic mass is 10.2. The lowest BCUT2D eigenvalue weighted by molar-refractivity contribution is -0.114. The van der Waals surface area contributed by atoms with Gasteiger partial charge in [-0.05, 0) is 30.3 Å². The number of hydrogen-bond acceptors (Lipinski definition) is 5. The SMILES string of the molecule is CC(=O)Nc1cc(NC(=O)c2csc(-c3cnn(-c4ccccc4)c3)n2)ccc1F. The number of carbonyl (C=O) groups excluding carboxylic acids is 2. The molecule has 30 heavy (non-hydrogen) atoms. The molecule has 0 spiro atoms. The van der Waals surface area contributed by atoms with Crippen molar-refractivity contribution >= 4 is 34.5 Å². The Morgan fingerprint density at radius 2 is 1.90 bits per heavy atom. The largest absolute Gasteiger partial charge is 0.324 e. The number of para-hydroxylation sites is 1. The second-order valence-corrected chi connectivity index (χ2v) is 7.24. The van der Waals surface area contributed by atoms with Gasteiger partial charge in [0.1, 0.15) is 16.5 Å². The molecule has 0 aliphatic rings. The molecule has 2 aromatic carbocycles. The van der Waals surface area contributed by atoms with Crippen LogP contribution in [0.5, 0.6) is 0 Å². The van der Waals surface area contributed by atoms with E-state index < -0.39 is 17.6 Å². The van der Waals surface area contributed by atoms with Gasteiger partial charge in [-0.3, -0.25) is 9.59 Å². The van der Waals surface area contributed by atoms with Crippen molar-refractivity contribution in [2.45, 2.75) is 6.92 Å². The third-order valence-corrected chi connectivity index (χ3v) is 5.01. The summed E-state index contributed by atoms with van der Waals surface area (Å²) in [5.41, 5.74) is 2.28. The maximum Gasteiger partial charge on any atom is 0.275 e. The molecule has 2 N–H and O–H groups in total. The normalized spacial score (nSPS) is 10.6. The summed E-state index contributed by atoms with van der Waals surface area (Å²) < 4.78 is 15.5. The molecule has 0 bridgehead atoms. The van der Waals surface area contributed by atoms with Gasteiger partial charge in [-0.1, -0.05) is 18.2 Å². The Kier molecular flexibility index (Phi) is 5.36. The smallest absolute Gasteiger partial charge is 0.275 e. The van der Waals surface area contributed by atoms with Crippen molar-refractivity contribution in [3.8, 4) is 16.3 Å². The van der Waals surface area contributed by atoms with Crippen LogP contribution in [0.1, 0.15) is 17.4 Å². The van der Waals surface area contributed by atoms with Gasteiger partial charge < -0.3 is 10.6 Å². The number of carbonyl (C=O) groups is 2. The highest BCUT2D eigenvalue weighted by atomic mass is 32.1. The van der Waals surface area contributed by atoms with Crippen LogP contribution < -0.4 is 10.6 Å². The van der Waals surface area contributed by atoms with E-state index in [-0.39, 0.29) is 11.4 Å². The minimum atomic E-state index is -0.588. The van der Waals surface area contributed by atoms with E-state index in [0.29, 0.717) is 10.7 Å². The summed E-state index contributed by atoms with van der Waals surface area (Å²) in [5.74, 6) is -1.43. The Hall–Kier alpha value is -3.85. The maximum absolute atomic E-state index is 13.8. The van der Waals surface area contributed by atoms with Gasteiger partial charge in [0.2, 0.25) is 5.91 Å². The molecule has 0 saturated heterocycles. The van der Waals surface area contributed by atoms with Crippen molar-refractivity contribution in [1.82, 2.24) is 14.8 Å². The average Bonchev–Trinajstić information content (AvgIpc) is 3.40. The number of thiazole rings is 1. The highest BCUT2D eigenvalue weighted by Gasteiger charge is 2.15. The second kappa shape index (κ2) is 8.26. The number of hydrogen-bond donors (Lipinski definition) is 2. The van der Waals surface area contributed by atoms with Gasteiger partial charge in [-0.25, -0.2) is 14.1 Å². The zero-order valence-corrected chi connectivity index (χ0v) is 16.6. The van der Waals surface area contributed by atoms with Gasteiger partial charge in [-0.2, -0.15) is 5.10 Å². The molecule has 2 aromatic heterocycles. The maximum atomic E-state index is 13.8. The molecule has 9 heteroatoms. The summed E-state index contributed by atoms with van der Waals surface area (Å²) in [6.07, 6.45) is 3.53. The van der Waals surface area contributed by atoms with Crippen LogP contribution in [0.25, 0.3) is 16.3 Å². The molecule has 7 nitrogen and oxygen atoms in total. The summed E-state index contributed by atoms with van der Waals surface area (Å²) in [6.45, 7) is 1.28. The number of rotatable bonds is 5. The molecule has 4 rings (SSSR count). The van der Waals surface area contributed by atoms with E-state index in [9.17, 15) is 14.0 Å². The second-order valence-electron chi connectivity index (χ2n) is 6.38. The van der Waals surface area contributed by atoms with E-state index >= 15 is 0 Å². The van der Waals surface area contributed by atoms with Crippen LogP contribution in [0.2, 0.25) is 0 Å². The number of amides is 2. The van der Waals surface area contributed by atoms with Crippen molar-refractivity contribution in [1.29, 1.82) is 0 Å². The Morgan fingerprint density at radius 1 is 1.10 bits per heavy atom. The van der Waals surface area contributed by atoms with Gasteiger partial charge in [-0.15, -0.1) is 11.3 Å². The highest BCUT2D eigenvalue weighted by molar-refractivity contribution is 7.13. The van der Waals surface area contributed by atoms with Crippen LogP contribution in [0, 0.1) is 5.82 Å². The monoisotopic (exact) mass is 421 g/mol. The van der Waals surface area contributed by atoms with Gasteiger partial charge in [0.25, 0.3) is 5.91 Å². The zero-order valence-electron chi connectivity index (χ0n) is 15.8. The van der Waals surface area contributed by atoms with Crippen molar-refractivity contribution in [3.05, 3.63) is 77.8 Å². The van der Waals surface area contributed by atoms with Gasteiger partial charge in [0, 0.05) is 29.8 Å². The lowest BCUT2D eigenvalue weighted by Crippen LogP contribution is -2.13. The zero-order chi connectivity index (χ0) is 21.1. The fraction of sp³-hybridized carbons (Fsp3) is 0.0476. The molecule has 2 amide bonds. The molecule has 0 radical (unpaired) electrons. The predicted molar refractivity (Wildman–Crippen MR) is 113 cm³/mol. The molecule has 0 aliphatic heterocycles. The van der Waals surface area contributed by atoms with Crippen molar-refractivity contribution in [2.24, 2.45) is 0 Å². The summed E-state index contributed by atoms with van der Waals surface area (Å²) in [4.78, 5) is 28.1. The van der Waals surface area contributed by atoms with Crippen molar-refractivity contribution in [3.63, 3.8) is 0 Å². The topological polar surface area (TPSA) is 88.9 Å². The van der Waals surface area contributed by atoms with E-state index in [1.54, 1.807) is 16.3 Å². The number of anilines is 2. The Labute approximate surface area is 175 Å². The molecular formula is C21H16FN5O2S. The average molecular weight is 421 g/mol. The molecule has 0 aliphatic carbocycles. The first-order valence-electron chi connectivity index (χ1n) is 8.94. The molecule has 0 atom stereocenters. The molecular weight excluding hydrogens is 405 g/mol. The van der Waals surface area contributed by atoms with Gasteiger partial charge in [0.05, 0.1) is 17.6 Å². The third-order valence-electron chi connectivity index (χ3n) is 4.12. The van der Waals surface area contributed by atoms with Crippen molar-refractivity contribution < 1.29 is 14.0 Å². The first-order chi connectivity index (χ1) is 14.5. The number of nitrogens with one attached hydrogen (secondary N) is 2. The van der Waals surface area contributed by atoms with E-state index in [4.69, 9.17) is 0 Å². The van der Waals surface area contributed by atoms with E-state index in [0.717, 1.165) is 11.3 Å². The number of aromatic nitrogens is 3. The standard InChI is InChI=1S/C21H16FN5O2S/c1-13(28)24-18-9-15(7-8-17(18)22)25-20(29)19-12-30-21(26-19)14-10-23-27(11-14)16-5-3-2-4-6-16/h2-12H,1H3,(H,24,28)(H,25,29). The third kappa shape index (κ3) is 4.26. The minimum Gasteiger partial charge on any atom is -0.324 e. The fourth-order valence-electron chi connectivity index (χ4n) is 2.75. The molecule has 2 heterocycles. The van der Waals surface area contributed by atoms with Crippen LogP contribution in [-0.4, -0.2) is 26.6 Å². The number of halogens is 1. The quantitative estimate of drug-likeness (QED) is 0.502. The number of benzene rings is 2. The Bertz CT molecular complexity index is 1220. The highest BCUT2D eigenvalue weighted by Crippen LogP contribution is 2.25. The van der Waals surface area contributed by atoms with Gasteiger partial charge >= 0.3 is 0 Å². The molecule has 0 unspecified atom stereocenters. The predicted octanol–water partition coefficient (Wildman–Crippen LogP) is 4.35. The van der Waals surface area contributed by atoms with E-state index in [1.165, 1.54) is 36.5 Å². The summed E-state index contributed by atoms with van der Waals surface area (Å²) in [7, 11) is 0. The first-order valence-corrected chi connectivity index (χ1v) is 9.82. The van der Waals surface area contributed by atoms with Crippen LogP contribution in [-0.2, 0) is 4.79 Å². The van der Waals surface area contributed by atoms with E-state index in [2.05, 4.69) is 20.7 Å². The summed E-state index contributed by atoms with van der Waals surface area (Å²) in [6, 6.07) is 13.6. The summed E-state index contributed by atoms with van der Waals surface area (Å²) >= 11 is 1.32. The van der Waals surface area contributed by atoms with E-state index in [1.807, 2.05) is 36.5 Å². The first kappa shape index (κ1) is 19.5. The molecule has 0 saturated carbocycles. The minimum absolute atomic E-state index is 0.00686. The number of nitrogens with zero attached hydrogens (tertiary/aromatic N) is 3. The lowest BCUT2D eigenvalue weighted by Gasteiger charge is -2.08. The molecule has 150 valence electrons. The Morgan fingerprint density at radius 3 is 2.67 bits per heavy atom. The van der Waals surface area contributed by atoms with Crippen LogP contribution in [0.3, 0.4) is 0 Å². The van der Waals surface area contributed by atoms with Crippen LogP contribution >= 0.6 is 11.3 Å². The fourth-order valence-corrected chi connectivity index (χ4v) is 3.52. The molecule has 0 fully saturated rings. The summed E-state index contributed by atoms with van der Waals surface area (Å²) in [5, 5.41) is 11.7. The van der Waals surface area contributed by atoms with Crippen molar-refractivity contribution in [2.75, 3.05) is 10.6 Å². The molecule has 4 aromatic rings. The Balaban J connectivity index is 1.50. The van der Waals surface area contributed by atoms with Crippen LogP contribution in [0.15, 0.2) is 66.3 Å². The van der Waals surface area contributed by atoms with Crippen LogP contribution in [0.4, 0.5) is 15.8 Å².